The Bertz CT molecular complexity index is 383. The predicted molar refractivity (Wildman–Crippen MR) is 77.9 cm³/mol. The van der Waals surface area contributed by atoms with E-state index in [1.807, 2.05) is 4.90 Å². The van der Waals surface area contributed by atoms with Crippen LogP contribution in [0.3, 0.4) is 0 Å². The molecule has 6 heteroatoms. The van der Waals surface area contributed by atoms with Crippen molar-refractivity contribution in [2.45, 2.75) is 38.1 Å². The van der Waals surface area contributed by atoms with Gasteiger partial charge < -0.3 is 14.6 Å². The van der Waals surface area contributed by atoms with E-state index in [2.05, 4.69) is 11.7 Å². The molecule has 0 spiro atoms. The van der Waals surface area contributed by atoms with Gasteiger partial charge in [-0.05, 0) is 32.4 Å². The molecule has 112 valence electrons. The van der Waals surface area contributed by atoms with Crippen LogP contribution in [0.2, 0.25) is 0 Å². The lowest BCUT2D eigenvalue weighted by Gasteiger charge is -2.24. The molecule has 2 aliphatic rings. The first kappa shape index (κ1) is 15.0. The van der Waals surface area contributed by atoms with Gasteiger partial charge in [-0.1, -0.05) is 0 Å². The van der Waals surface area contributed by atoms with Crippen molar-refractivity contribution in [2.24, 2.45) is 10.8 Å². The van der Waals surface area contributed by atoms with Gasteiger partial charge in [0.1, 0.15) is 0 Å². The Morgan fingerprint density at radius 3 is 3.00 bits per heavy atom. The number of nitrogens with zero attached hydrogens (tertiary/aromatic N) is 3. The third kappa shape index (κ3) is 4.05. The molecule has 0 aromatic heterocycles. The van der Waals surface area contributed by atoms with Crippen molar-refractivity contribution in [3.8, 4) is 0 Å². The zero-order valence-electron chi connectivity index (χ0n) is 12.0. The van der Waals surface area contributed by atoms with Gasteiger partial charge in [-0.2, -0.15) is 0 Å². The zero-order valence-corrected chi connectivity index (χ0v) is 12.0. The van der Waals surface area contributed by atoms with Gasteiger partial charge in [-0.25, -0.2) is 5.84 Å². The maximum atomic E-state index is 12.2. The molecule has 0 saturated carbocycles. The first-order valence-electron chi connectivity index (χ1n) is 7.26. The predicted octanol–water partition coefficient (Wildman–Crippen LogP) is 0.896. The number of hydrogen-bond acceptors (Lipinski definition) is 5. The molecule has 2 heterocycles. The summed E-state index contributed by atoms with van der Waals surface area (Å²) in [6, 6.07) is 0.211. The van der Waals surface area contributed by atoms with Crippen LogP contribution in [0.1, 0.15) is 32.1 Å². The molecule has 2 rings (SSSR count). The summed E-state index contributed by atoms with van der Waals surface area (Å²) >= 11 is 0. The van der Waals surface area contributed by atoms with Crippen LogP contribution in [0.15, 0.2) is 16.9 Å². The maximum Gasteiger partial charge on any atom is 0.222 e. The second-order valence-electron chi connectivity index (χ2n) is 5.37. The van der Waals surface area contributed by atoms with Crippen LogP contribution in [0.4, 0.5) is 0 Å². The molecule has 0 aromatic rings. The third-order valence-corrected chi connectivity index (χ3v) is 3.83. The van der Waals surface area contributed by atoms with E-state index in [1.165, 1.54) is 0 Å². The van der Waals surface area contributed by atoms with Crippen molar-refractivity contribution < 1.29 is 9.53 Å². The van der Waals surface area contributed by atoms with E-state index in [-0.39, 0.29) is 11.9 Å². The minimum atomic E-state index is 0.211. The third-order valence-electron chi connectivity index (χ3n) is 3.83. The van der Waals surface area contributed by atoms with Gasteiger partial charge in [0.05, 0.1) is 25.0 Å². The highest BCUT2D eigenvalue weighted by Gasteiger charge is 2.28. The van der Waals surface area contributed by atoms with E-state index in [1.54, 1.807) is 11.2 Å². The van der Waals surface area contributed by atoms with Gasteiger partial charge in [-0.15, -0.1) is 0 Å². The number of carbonyl (C=O) groups is 1. The van der Waals surface area contributed by atoms with Crippen LogP contribution in [-0.2, 0) is 9.53 Å². The molecule has 1 saturated heterocycles. The summed E-state index contributed by atoms with van der Waals surface area (Å²) in [6.07, 6.45) is 6.21. The maximum absolute atomic E-state index is 12.2. The molecule has 0 aromatic carbocycles. The van der Waals surface area contributed by atoms with Crippen molar-refractivity contribution >= 4 is 12.6 Å². The topological polar surface area (TPSA) is 71.2 Å². The minimum absolute atomic E-state index is 0.211. The second-order valence-corrected chi connectivity index (χ2v) is 5.37. The second kappa shape index (κ2) is 7.40. The Morgan fingerprint density at radius 1 is 1.35 bits per heavy atom. The average Bonchev–Trinajstić information content (AvgIpc) is 2.90. The number of ether oxygens (including phenoxy) is 1. The van der Waals surface area contributed by atoms with E-state index in [4.69, 9.17) is 10.6 Å². The Balaban J connectivity index is 2.01. The lowest BCUT2D eigenvalue weighted by molar-refractivity contribution is -0.133. The molecule has 2 N–H and O–H groups in total. The molecule has 1 unspecified atom stereocenters. The van der Waals surface area contributed by atoms with Crippen LogP contribution >= 0.6 is 0 Å². The summed E-state index contributed by atoms with van der Waals surface area (Å²) in [5.41, 5.74) is 0.725. The van der Waals surface area contributed by atoms with Crippen molar-refractivity contribution in [1.29, 1.82) is 0 Å². The number of fused-ring (bicyclic) bond motifs is 1. The van der Waals surface area contributed by atoms with Crippen LogP contribution < -0.4 is 5.84 Å². The summed E-state index contributed by atoms with van der Waals surface area (Å²) in [4.78, 5) is 18.1. The molecular weight excluding hydrogens is 256 g/mol. The zero-order chi connectivity index (χ0) is 14.4. The van der Waals surface area contributed by atoms with E-state index in [9.17, 15) is 4.79 Å². The quantitative estimate of drug-likeness (QED) is 0.572. The van der Waals surface area contributed by atoms with Gasteiger partial charge in [0, 0.05) is 25.7 Å². The van der Waals surface area contributed by atoms with Crippen molar-refractivity contribution in [3.63, 3.8) is 0 Å². The van der Waals surface area contributed by atoms with E-state index >= 15 is 0 Å². The normalized spacial score (nSPS) is 28.8. The summed E-state index contributed by atoms with van der Waals surface area (Å²) in [7, 11) is 0. The summed E-state index contributed by atoms with van der Waals surface area (Å²) in [5, 5.41) is 1.59. The first-order valence-corrected chi connectivity index (χ1v) is 7.26. The number of rotatable bonds is 1. The van der Waals surface area contributed by atoms with Gasteiger partial charge in [0.25, 0.3) is 0 Å². The number of carbonyl (C=O) groups excluding carboxylic acids is 1. The van der Waals surface area contributed by atoms with Crippen LogP contribution in [0.5, 0.6) is 0 Å². The highest BCUT2D eigenvalue weighted by Crippen LogP contribution is 2.20. The molecule has 1 atom stereocenters. The Morgan fingerprint density at radius 2 is 2.20 bits per heavy atom. The molecular formula is C14H24N4O2. The summed E-state index contributed by atoms with van der Waals surface area (Å²) in [6.45, 7) is 6.05. The SMILES string of the molecule is C=N/C1=C\N(N)CCCCC(=O)N2CCCC2COC1. The fourth-order valence-electron chi connectivity index (χ4n) is 2.73. The Labute approximate surface area is 120 Å². The lowest BCUT2D eigenvalue weighted by Crippen LogP contribution is -2.38. The van der Waals surface area contributed by atoms with E-state index < -0.39 is 0 Å². The van der Waals surface area contributed by atoms with Crippen molar-refractivity contribution in [1.82, 2.24) is 9.91 Å². The van der Waals surface area contributed by atoms with Crippen LogP contribution in [0.25, 0.3) is 0 Å². The molecule has 6 nitrogen and oxygen atoms in total. The van der Waals surface area contributed by atoms with Gasteiger partial charge in [0.15, 0.2) is 0 Å². The monoisotopic (exact) mass is 280 g/mol. The number of nitrogens with two attached hydrogens (primary N) is 1. The first-order chi connectivity index (χ1) is 9.70. The Kier molecular flexibility index (Phi) is 5.55. The van der Waals surface area contributed by atoms with Gasteiger partial charge >= 0.3 is 0 Å². The summed E-state index contributed by atoms with van der Waals surface area (Å²) < 4.78 is 5.68. The fourth-order valence-corrected chi connectivity index (χ4v) is 2.73. The minimum Gasteiger partial charge on any atom is -0.373 e. The number of aliphatic imine (C=N–C) groups is 1. The van der Waals surface area contributed by atoms with E-state index in [0.717, 1.165) is 37.9 Å². The van der Waals surface area contributed by atoms with Gasteiger partial charge in [0.2, 0.25) is 5.91 Å². The average molecular weight is 280 g/mol. The van der Waals surface area contributed by atoms with E-state index in [0.29, 0.717) is 26.2 Å². The molecule has 20 heavy (non-hydrogen) atoms. The van der Waals surface area contributed by atoms with Crippen LogP contribution in [-0.4, -0.2) is 54.9 Å². The highest BCUT2D eigenvalue weighted by molar-refractivity contribution is 5.76. The van der Waals surface area contributed by atoms with Crippen molar-refractivity contribution in [2.75, 3.05) is 26.3 Å². The fraction of sp³-hybridized carbons (Fsp3) is 0.714. The highest BCUT2D eigenvalue weighted by atomic mass is 16.5. The number of hydrogen-bond donors (Lipinski definition) is 1. The molecule has 2 aliphatic heterocycles. The number of hydrazine groups is 1. The van der Waals surface area contributed by atoms with Crippen LogP contribution in [0, 0.1) is 0 Å². The molecule has 1 amide bonds. The summed E-state index contributed by atoms with van der Waals surface area (Å²) in [5.74, 6) is 6.11. The van der Waals surface area contributed by atoms with Gasteiger partial charge in [-0.3, -0.25) is 9.79 Å². The molecule has 0 aliphatic carbocycles. The Hall–Kier alpha value is -1.40. The van der Waals surface area contributed by atoms with Crippen molar-refractivity contribution in [3.05, 3.63) is 11.9 Å². The lowest BCUT2D eigenvalue weighted by atomic mass is 10.2. The molecule has 1 fully saturated rings. The molecule has 0 radical (unpaired) electrons. The molecule has 0 bridgehead atoms. The largest absolute Gasteiger partial charge is 0.373 e. The number of amides is 1. The standard InChI is InChI=1S/C14H24N4O2/c1-16-12-9-17(15)7-3-2-6-14(19)18-8-4-5-13(18)11-20-10-12/h9,13H,1-8,10-11,15H2/b12-9-. The smallest absolute Gasteiger partial charge is 0.222 e.